The van der Waals surface area contributed by atoms with Crippen LogP contribution in [0.1, 0.15) is 30.0 Å². The summed E-state index contributed by atoms with van der Waals surface area (Å²) in [7, 11) is 1.72. The lowest BCUT2D eigenvalue weighted by Crippen LogP contribution is -2.22. The SMILES string of the molecule is COc1cccc(C2CCCN2Cc2cccc(N)c2)c1. The molecular formula is C18H22N2O. The topological polar surface area (TPSA) is 38.5 Å². The molecule has 0 amide bonds. The molecule has 1 fully saturated rings. The van der Waals surface area contributed by atoms with Crippen LogP contribution in [0.4, 0.5) is 5.69 Å². The lowest BCUT2D eigenvalue weighted by Gasteiger charge is -2.25. The number of anilines is 1. The van der Waals surface area contributed by atoms with Crippen molar-refractivity contribution in [3.8, 4) is 5.75 Å². The Labute approximate surface area is 126 Å². The smallest absolute Gasteiger partial charge is 0.119 e. The molecule has 2 N–H and O–H groups in total. The van der Waals surface area contributed by atoms with E-state index in [1.807, 2.05) is 18.2 Å². The molecule has 0 aromatic heterocycles. The molecule has 3 heteroatoms. The van der Waals surface area contributed by atoms with Crippen LogP contribution in [0, 0.1) is 0 Å². The van der Waals surface area contributed by atoms with Gasteiger partial charge in [0.25, 0.3) is 0 Å². The minimum Gasteiger partial charge on any atom is -0.497 e. The third-order valence-corrected chi connectivity index (χ3v) is 4.18. The second-order valence-corrected chi connectivity index (χ2v) is 5.65. The average molecular weight is 282 g/mol. The lowest BCUT2D eigenvalue weighted by atomic mass is 10.0. The number of rotatable bonds is 4. The predicted octanol–water partition coefficient (Wildman–Crippen LogP) is 3.61. The molecule has 1 aliphatic heterocycles. The largest absolute Gasteiger partial charge is 0.497 e. The summed E-state index contributed by atoms with van der Waals surface area (Å²) in [6, 6.07) is 17.1. The third kappa shape index (κ3) is 3.19. The van der Waals surface area contributed by atoms with Gasteiger partial charge in [-0.3, -0.25) is 4.90 Å². The molecule has 3 nitrogen and oxygen atoms in total. The van der Waals surface area contributed by atoms with Crippen molar-refractivity contribution in [2.45, 2.75) is 25.4 Å². The van der Waals surface area contributed by atoms with Gasteiger partial charge in [-0.15, -0.1) is 0 Å². The van der Waals surface area contributed by atoms with Gasteiger partial charge in [0.1, 0.15) is 5.75 Å². The van der Waals surface area contributed by atoms with E-state index in [2.05, 4.69) is 35.2 Å². The van der Waals surface area contributed by atoms with Crippen molar-refractivity contribution < 1.29 is 4.74 Å². The van der Waals surface area contributed by atoms with Crippen LogP contribution in [-0.2, 0) is 6.54 Å². The van der Waals surface area contributed by atoms with Crippen molar-refractivity contribution in [3.63, 3.8) is 0 Å². The highest BCUT2D eigenvalue weighted by molar-refractivity contribution is 5.40. The Morgan fingerprint density at radius 3 is 2.86 bits per heavy atom. The van der Waals surface area contributed by atoms with Gasteiger partial charge in [-0.1, -0.05) is 24.3 Å². The van der Waals surface area contributed by atoms with Gasteiger partial charge in [0.15, 0.2) is 0 Å². The first-order chi connectivity index (χ1) is 10.3. The number of nitrogens with zero attached hydrogens (tertiary/aromatic N) is 1. The zero-order valence-corrected chi connectivity index (χ0v) is 12.5. The third-order valence-electron chi connectivity index (χ3n) is 4.18. The summed E-state index contributed by atoms with van der Waals surface area (Å²) in [5, 5.41) is 0. The van der Waals surface area contributed by atoms with Crippen LogP contribution in [-0.4, -0.2) is 18.6 Å². The fourth-order valence-corrected chi connectivity index (χ4v) is 3.17. The summed E-state index contributed by atoms with van der Waals surface area (Å²) in [5.74, 6) is 0.934. The van der Waals surface area contributed by atoms with E-state index >= 15 is 0 Å². The van der Waals surface area contributed by atoms with Gasteiger partial charge in [0, 0.05) is 18.3 Å². The highest BCUT2D eigenvalue weighted by Crippen LogP contribution is 2.34. The number of nitrogen functional groups attached to an aromatic ring is 1. The highest BCUT2D eigenvalue weighted by Gasteiger charge is 2.26. The van der Waals surface area contributed by atoms with Gasteiger partial charge in [0.05, 0.1) is 7.11 Å². The summed E-state index contributed by atoms with van der Waals surface area (Å²) in [6.07, 6.45) is 2.44. The summed E-state index contributed by atoms with van der Waals surface area (Å²) in [4.78, 5) is 2.53. The van der Waals surface area contributed by atoms with E-state index in [1.165, 1.54) is 24.0 Å². The van der Waals surface area contributed by atoms with E-state index < -0.39 is 0 Å². The Balaban J connectivity index is 1.78. The van der Waals surface area contributed by atoms with Gasteiger partial charge in [-0.2, -0.15) is 0 Å². The fourth-order valence-electron chi connectivity index (χ4n) is 3.17. The monoisotopic (exact) mass is 282 g/mol. The molecule has 1 atom stereocenters. The molecule has 0 radical (unpaired) electrons. The molecule has 2 aromatic rings. The Morgan fingerprint density at radius 1 is 1.19 bits per heavy atom. The maximum Gasteiger partial charge on any atom is 0.119 e. The van der Waals surface area contributed by atoms with Crippen LogP contribution in [0.2, 0.25) is 0 Å². The molecule has 1 heterocycles. The summed E-state index contributed by atoms with van der Waals surface area (Å²) >= 11 is 0. The second-order valence-electron chi connectivity index (χ2n) is 5.65. The minimum absolute atomic E-state index is 0.474. The van der Waals surface area contributed by atoms with Crippen molar-refractivity contribution >= 4 is 5.69 Å². The molecule has 110 valence electrons. The average Bonchev–Trinajstić information content (AvgIpc) is 2.95. The van der Waals surface area contributed by atoms with E-state index in [4.69, 9.17) is 10.5 Å². The standard InChI is InChI=1S/C18H22N2O/c1-21-17-8-3-6-15(12-17)18-9-4-10-20(18)13-14-5-2-7-16(19)11-14/h2-3,5-8,11-12,18H,4,9-10,13,19H2,1H3. The molecule has 21 heavy (non-hydrogen) atoms. The van der Waals surface area contributed by atoms with E-state index in [0.29, 0.717) is 6.04 Å². The van der Waals surface area contributed by atoms with Crippen molar-refractivity contribution in [3.05, 3.63) is 59.7 Å². The number of nitrogens with two attached hydrogens (primary N) is 1. The first kappa shape index (κ1) is 14.0. The van der Waals surface area contributed by atoms with Gasteiger partial charge >= 0.3 is 0 Å². The van der Waals surface area contributed by atoms with E-state index in [1.54, 1.807) is 7.11 Å². The van der Waals surface area contributed by atoms with Gasteiger partial charge in [0.2, 0.25) is 0 Å². The van der Waals surface area contributed by atoms with Gasteiger partial charge < -0.3 is 10.5 Å². The van der Waals surface area contributed by atoms with Crippen LogP contribution in [0.25, 0.3) is 0 Å². The van der Waals surface area contributed by atoms with Crippen LogP contribution in [0.3, 0.4) is 0 Å². The predicted molar refractivity (Wildman–Crippen MR) is 86.2 cm³/mol. The molecule has 1 aliphatic rings. The van der Waals surface area contributed by atoms with Crippen molar-refractivity contribution in [1.82, 2.24) is 4.90 Å². The van der Waals surface area contributed by atoms with Crippen LogP contribution in [0.5, 0.6) is 5.75 Å². The zero-order valence-electron chi connectivity index (χ0n) is 12.5. The molecular weight excluding hydrogens is 260 g/mol. The normalized spacial score (nSPS) is 18.8. The zero-order chi connectivity index (χ0) is 14.7. The maximum atomic E-state index is 5.88. The van der Waals surface area contributed by atoms with E-state index in [9.17, 15) is 0 Å². The Morgan fingerprint density at radius 2 is 2.05 bits per heavy atom. The molecule has 0 spiro atoms. The number of methoxy groups -OCH3 is 1. The molecule has 0 saturated carbocycles. The maximum absolute atomic E-state index is 5.88. The molecule has 2 aromatic carbocycles. The molecule has 1 unspecified atom stereocenters. The molecule has 0 aliphatic carbocycles. The molecule has 0 bridgehead atoms. The number of hydrogen-bond donors (Lipinski definition) is 1. The summed E-state index contributed by atoms with van der Waals surface area (Å²) < 4.78 is 5.35. The Kier molecular flexibility index (Phi) is 4.11. The van der Waals surface area contributed by atoms with Gasteiger partial charge in [-0.05, 0) is 54.8 Å². The van der Waals surface area contributed by atoms with E-state index in [-0.39, 0.29) is 0 Å². The Bertz CT molecular complexity index is 612. The Hall–Kier alpha value is -2.00. The number of hydrogen-bond acceptors (Lipinski definition) is 3. The number of likely N-dealkylation sites (tertiary alicyclic amines) is 1. The van der Waals surface area contributed by atoms with Crippen molar-refractivity contribution in [2.75, 3.05) is 19.4 Å². The van der Waals surface area contributed by atoms with Gasteiger partial charge in [-0.25, -0.2) is 0 Å². The van der Waals surface area contributed by atoms with Crippen LogP contribution >= 0.6 is 0 Å². The first-order valence-electron chi connectivity index (χ1n) is 7.48. The van der Waals surface area contributed by atoms with E-state index in [0.717, 1.165) is 24.5 Å². The second kappa shape index (κ2) is 6.19. The lowest BCUT2D eigenvalue weighted by molar-refractivity contribution is 0.248. The fraction of sp³-hybridized carbons (Fsp3) is 0.333. The summed E-state index contributed by atoms with van der Waals surface area (Å²) in [5.41, 5.74) is 9.34. The number of ether oxygens (including phenoxy) is 1. The molecule has 3 rings (SSSR count). The highest BCUT2D eigenvalue weighted by atomic mass is 16.5. The summed E-state index contributed by atoms with van der Waals surface area (Å²) in [6.45, 7) is 2.09. The van der Waals surface area contributed by atoms with Crippen molar-refractivity contribution in [1.29, 1.82) is 0 Å². The minimum atomic E-state index is 0.474. The molecule has 1 saturated heterocycles. The first-order valence-corrected chi connectivity index (χ1v) is 7.48. The van der Waals surface area contributed by atoms with Crippen LogP contribution in [0.15, 0.2) is 48.5 Å². The number of benzene rings is 2. The van der Waals surface area contributed by atoms with Crippen molar-refractivity contribution in [2.24, 2.45) is 0 Å². The quantitative estimate of drug-likeness (QED) is 0.871. The van der Waals surface area contributed by atoms with Crippen LogP contribution < -0.4 is 10.5 Å².